The maximum atomic E-state index is 14.8. The first-order chi connectivity index (χ1) is 19.1. The maximum Gasteiger partial charge on any atom is 0.237 e. The Balaban J connectivity index is 1.33. The van der Waals surface area contributed by atoms with E-state index in [0.717, 1.165) is 32.2 Å². The summed E-state index contributed by atoms with van der Waals surface area (Å²) in [6.07, 6.45) is 3.47. The summed E-state index contributed by atoms with van der Waals surface area (Å²) < 4.78 is 14.8. The van der Waals surface area contributed by atoms with Gasteiger partial charge in [0, 0.05) is 24.7 Å². The van der Waals surface area contributed by atoms with Gasteiger partial charge >= 0.3 is 0 Å². The van der Waals surface area contributed by atoms with Crippen molar-refractivity contribution in [3.05, 3.63) is 142 Å². The third kappa shape index (κ3) is 5.14. The lowest BCUT2D eigenvalue weighted by atomic mass is 9.85. The highest BCUT2D eigenvalue weighted by Gasteiger charge is 2.35. The molecule has 1 aliphatic carbocycles. The minimum Gasteiger partial charge on any atom is -0.333 e. The summed E-state index contributed by atoms with van der Waals surface area (Å²) in [5.74, 6) is -0.193. The third-order valence-corrected chi connectivity index (χ3v) is 8.54. The molecule has 0 N–H and O–H groups in total. The average molecular weight is 519 g/mol. The summed E-state index contributed by atoms with van der Waals surface area (Å²) in [6, 6.07) is 32.6. The van der Waals surface area contributed by atoms with Crippen molar-refractivity contribution in [3.63, 3.8) is 0 Å². The Labute approximate surface area is 230 Å². The molecular formula is C35H35FN2O. The van der Waals surface area contributed by atoms with Crippen LogP contribution in [0.2, 0.25) is 0 Å². The average Bonchev–Trinajstić information content (AvgIpc) is 3.40. The fraction of sp³-hybridized carbons (Fsp3) is 0.286. The Bertz CT molecular complexity index is 1460. The normalized spacial score (nSPS) is 17.0. The third-order valence-electron chi connectivity index (χ3n) is 8.54. The second kappa shape index (κ2) is 11.2. The minimum atomic E-state index is -0.257. The topological polar surface area (TPSA) is 23.6 Å². The molecule has 2 aliphatic rings. The molecule has 1 atom stereocenters. The fourth-order valence-electron chi connectivity index (χ4n) is 6.53. The smallest absolute Gasteiger partial charge is 0.237 e. The molecule has 0 aromatic heterocycles. The van der Waals surface area contributed by atoms with Gasteiger partial charge in [0.05, 0.1) is 12.6 Å². The monoisotopic (exact) mass is 518 g/mol. The van der Waals surface area contributed by atoms with E-state index < -0.39 is 0 Å². The van der Waals surface area contributed by atoms with Crippen LogP contribution in [0.1, 0.15) is 51.9 Å². The van der Waals surface area contributed by atoms with Gasteiger partial charge in [-0.15, -0.1) is 0 Å². The first kappa shape index (κ1) is 25.5. The summed E-state index contributed by atoms with van der Waals surface area (Å²) in [4.78, 5) is 18.6. The van der Waals surface area contributed by atoms with Gasteiger partial charge in [-0.2, -0.15) is 0 Å². The van der Waals surface area contributed by atoms with Gasteiger partial charge in [0.1, 0.15) is 5.82 Å². The second-order valence-corrected chi connectivity index (χ2v) is 10.8. The number of nitrogens with zero attached hydrogens (tertiary/aromatic N) is 2. The highest BCUT2D eigenvalue weighted by Crippen LogP contribution is 2.37. The number of carbonyl (C=O) groups excluding carboxylic acids is 1. The van der Waals surface area contributed by atoms with Gasteiger partial charge in [-0.3, -0.25) is 9.69 Å². The molecule has 0 spiro atoms. The van der Waals surface area contributed by atoms with Crippen LogP contribution < -0.4 is 0 Å². The van der Waals surface area contributed by atoms with Crippen LogP contribution in [0.3, 0.4) is 0 Å². The Morgan fingerprint density at radius 3 is 2.08 bits per heavy atom. The van der Waals surface area contributed by atoms with Gasteiger partial charge in [0.25, 0.3) is 0 Å². The van der Waals surface area contributed by atoms with E-state index in [-0.39, 0.29) is 30.4 Å². The molecule has 4 aromatic rings. The van der Waals surface area contributed by atoms with E-state index in [1.165, 1.54) is 39.4 Å². The van der Waals surface area contributed by atoms with Crippen LogP contribution in [0.25, 0.3) is 0 Å². The van der Waals surface area contributed by atoms with E-state index in [0.29, 0.717) is 12.1 Å². The van der Waals surface area contributed by atoms with Crippen LogP contribution in [0.5, 0.6) is 0 Å². The van der Waals surface area contributed by atoms with Crippen LogP contribution in [0.4, 0.5) is 4.39 Å². The molecule has 198 valence electrons. The van der Waals surface area contributed by atoms with E-state index in [1.807, 2.05) is 11.0 Å². The molecule has 4 heteroatoms. The number of hydrogen-bond acceptors (Lipinski definition) is 2. The van der Waals surface area contributed by atoms with Crippen molar-refractivity contribution in [2.75, 3.05) is 13.1 Å². The zero-order valence-corrected chi connectivity index (χ0v) is 22.5. The molecule has 0 radical (unpaired) electrons. The first-order valence-corrected chi connectivity index (χ1v) is 14.1. The summed E-state index contributed by atoms with van der Waals surface area (Å²) >= 11 is 0. The van der Waals surface area contributed by atoms with Crippen LogP contribution in [-0.2, 0) is 37.0 Å². The molecule has 1 aliphatic heterocycles. The Kier molecular flexibility index (Phi) is 7.30. The van der Waals surface area contributed by atoms with Crippen LogP contribution in [0, 0.1) is 5.82 Å². The standard InChI is InChI=1S/C35H35FN2O/c1-2-25-11-5-8-16-31(25)35-32-17-9-6-12-26(32)19-20-37(35)24-34(39)38(23-29-15-7-10-18-33(29)36)30-21-27-13-3-4-14-28(27)22-30/h3-18,30,35H,2,19-24H2,1H3. The van der Waals surface area contributed by atoms with Crippen LogP contribution in [-0.4, -0.2) is 34.8 Å². The molecule has 0 bridgehead atoms. The van der Waals surface area contributed by atoms with Crippen molar-refractivity contribution in [2.24, 2.45) is 0 Å². The molecule has 1 unspecified atom stereocenters. The summed E-state index contributed by atoms with van der Waals surface area (Å²) in [7, 11) is 0. The van der Waals surface area contributed by atoms with E-state index >= 15 is 0 Å². The van der Waals surface area contributed by atoms with E-state index in [1.54, 1.807) is 12.1 Å². The quantitative estimate of drug-likeness (QED) is 0.278. The molecule has 0 fully saturated rings. The van der Waals surface area contributed by atoms with E-state index in [4.69, 9.17) is 0 Å². The van der Waals surface area contributed by atoms with Crippen molar-refractivity contribution < 1.29 is 9.18 Å². The van der Waals surface area contributed by atoms with Gasteiger partial charge in [-0.05, 0) is 65.1 Å². The van der Waals surface area contributed by atoms with Gasteiger partial charge in [0.2, 0.25) is 5.91 Å². The molecule has 4 aromatic carbocycles. The highest BCUT2D eigenvalue weighted by molar-refractivity contribution is 5.79. The largest absolute Gasteiger partial charge is 0.333 e. The molecule has 1 amide bonds. The number of aryl methyl sites for hydroxylation is 1. The van der Waals surface area contributed by atoms with Crippen molar-refractivity contribution in [3.8, 4) is 0 Å². The summed E-state index contributed by atoms with van der Waals surface area (Å²) in [5, 5.41) is 0. The van der Waals surface area contributed by atoms with Crippen molar-refractivity contribution >= 4 is 5.91 Å². The van der Waals surface area contributed by atoms with Crippen molar-refractivity contribution in [1.82, 2.24) is 9.80 Å². The predicted molar refractivity (Wildman–Crippen MR) is 154 cm³/mol. The van der Waals surface area contributed by atoms with Crippen LogP contribution in [0.15, 0.2) is 97.1 Å². The number of halogens is 1. The zero-order chi connectivity index (χ0) is 26.8. The SMILES string of the molecule is CCc1ccccc1C1c2ccccc2CCN1CC(=O)N(Cc1ccccc1F)C1Cc2ccccc2C1. The number of carbonyl (C=O) groups is 1. The van der Waals surface area contributed by atoms with E-state index in [9.17, 15) is 9.18 Å². The van der Waals surface area contributed by atoms with Crippen molar-refractivity contribution in [1.29, 1.82) is 0 Å². The minimum absolute atomic E-state index is 0.0196. The summed E-state index contributed by atoms with van der Waals surface area (Å²) in [6.45, 7) is 3.59. The number of fused-ring (bicyclic) bond motifs is 2. The van der Waals surface area contributed by atoms with E-state index in [2.05, 4.69) is 84.6 Å². The lowest BCUT2D eigenvalue weighted by Gasteiger charge is -2.40. The lowest BCUT2D eigenvalue weighted by molar-refractivity contribution is -0.136. The highest BCUT2D eigenvalue weighted by atomic mass is 19.1. The Morgan fingerprint density at radius 2 is 1.38 bits per heavy atom. The Hall–Kier alpha value is -3.76. The molecule has 1 heterocycles. The molecule has 6 rings (SSSR count). The van der Waals surface area contributed by atoms with Crippen LogP contribution >= 0.6 is 0 Å². The Morgan fingerprint density at radius 1 is 0.795 bits per heavy atom. The molecule has 0 saturated carbocycles. The zero-order valence-electron chi connectivity index (χ0n) is 22.5. The van der Waals surface area contributed by atoms with Gasteiger partial charge in [-0.1, -0.05) is 97.9 Å². The molecule has 0 saturated heterocycles. The fourth-order valence-corrected chi connectivity index (χ4v) is 6.53. The van der Waals surface area contributed by atoms with Crippen molar-refractivity contribution in [2.45, 2.75) is 51.2 Å². The predicted octanol–water partition coefficient (Wildman–Crippen LogP) is 6.53. The number of benzene rings is 4. The number of hydrogen-bond donors (Lipinski definition) is 0. The number of rotatable bonds is 7. The lowest BCUT2D eigenvalue weighted by Crippen LogP contribution is -2.48. The first-order valence-electron chi connectivity index (χ1n) is 14.1. The number of amides is 1. The van der Waals surface area contributed by atoms with Gasteiger partial charge in [-0.25, -0.2) is 4.39 Å². The maximum absolute atomic E-state index is 14.8. The van der Waals surface area contributed by atoms with Gasteiger partial charge in [0.15, 0.2) is 0 Å². The van der Waals surface area contributed by atoms with Gasteiger partial charge < -0.3 is 4.90 Å². The molecule has 39 heavy (non-hydrogen) atoms. The molecule has 3 nitrogen and oxygen atoms in total. The summed E-state index contributed by atoms with van der Waals surface area (Å²) in [5.41, 5.74) is 8.36. The molecular weight excluding hydrogens is 483 g/mol. The second-order valence-electron chi connectivity index (χ2n) is 10.8.